The van der Waals surface area contributed by atoms with Gasteiger partial charge in [0.25, 0.3) is 0 Å². The Balaban J connectivity index is 1.39. The van der Waals surface area contributed by atoms with Gasteiger partial charge in [0.05, 0.1) is 0 Å². The summed E-state index contributed by atoms with van der Waals surface area (Å²) in [5, 5.41) is 11.4. The van der Waals surface area contributed by atoms with Crippen molar-refractivity contribution >= 4 is 28.1 Å². The van der Waals surface area contributed by atoms with Crippen LogP contribution in [0.15, 0.2) is 41.0 Å². The molecule has 0 unspecified atom stereocenters. The van der Waals surface area contributed by atoms with Crippen LogP contribution < -0.4 is 10.6 Å². The number of piperazine rings is 1. The molecule has 1 aliphatic rings. The maximum absolute atomic E-state index is 6.16. The van der Waals surface area contributed by atoms with Crippen LogP contribution in [0.1, 0.15) is 5.82 Å². The fourth-order valence-corrected chi connectivity index (χ4v) is 3.45. The molecule has 0 spiro atoms. The number of fused-ring (bicyclic) bond motifs is 1. The number of aromatic nitrogens is 4. The lowest BCUT2D eigenvalue weighted by molar-refractivity contribution is 0.380. The van der Waals surface area contributed by atoms with Crippen molar-refractivity contribution in [1.29, 1.82) is 0 Å². The molecule has 0 amide bonds. The number of nitrogens with two attached hydrogens (primary N) is 1. The largest absolute Gasteiger partial charge is 0.370 e. The van der Waals surface area contributed by atoms with E-state index in [1.54, 1.807) is 11.3 Å². The molecule has 0 bridgehead atoms. The minimum atomic E-state index is 0.420. The predicted octanol–water partition coefficient (Wildman–Crippen LogP) is 0.823. The van der Waals surface area contributed by atoms with Crippen molar-refractivity contribution in [2.75, 3.05) is 31.1 Å². The SMILES string of the molecule is NC(=NCc1nnc2ccccn12)N1CCN(c2nccs2)CC1. The zero-order chi connectivity index (χ0) is 16.4. The van der Waals surface area contributed by atoms with Gasteiger partial charge in [0.15, 0.2) is 22.6 Å². The molecule has 3 aromatic heterocycles. The topological polar surface area (TPSA) is 87.9 Å². The summed E-state index contributed by atoms with van der Waals surface area (Å²) in [6, 6.07) is 5.81. The molecule has 2 N–H and O–H groups in total. The smallest absolute Gasteiger partial charge is 0.191 e. The molecule has 24 heavy (non-hydrogen) atoms. The molecule has 124 valence electrons. The van der Waals surface area contributed by atoms with Crippen molar-refractivity contribution in [2.45, 2.75) is 6.54 Å². The van der Waals surface area contributed by atoms with E-state index in [2.05, 4.69) is 30.0 Å². The zero-order valence-corrected chi connectivity index (χ0v) is 13.9. The van der Waals surface area contributed by atoms with Gasteiger partial charge in [0.1, 0.15) is 6.54 Å². The van der Waals surface area contributed by atoms with Crippen LogP contribution in [0.25, 0.3) is 5.65 Å². The van der Waals surface area contributed by atoms with Crippen LogP contribution in [0.2, 0.25) is 0 Å². The molecule has 1 aliphatic heterocycles. The molecule has 1 fully saturated rings. The van der Waals surface area contributed by atoms with Gasteiger partial charge in [-0.25, -0.2) is 9.98 Å². The van der Waals surface area contributed by atoms with Gasteiger partial charge in [-0.2, -0.15) is 0 Å². The second-order valence-electron chi connectivity index (χ2n) is 5.51. The van der Waals surface area contributed by atoms with Crippen LogP contribution >= 0.6 is 11.3 Å². The molecule has 4 rings (SSSR count). The highest BCUT2D eigenvalue weighted by atomic mass is 32.1. The van der Waals surface area contributed by atoms with E-state index in [4.69, 9.17) is 5.73 Å². The first-order valence-corrected chi connectivity index (χ1v) is 8.67. The first-order chi connectivity index (χ1) is 11.8. The maximum Gasteiger partial charge on any atom is 0.191 e. The normalized spacial score (nSPS) is 16.1. The number of rotatable bonds is 3. The molecular weight excluding hydrogens is 324 g/mol. The number of pyridine rings is 1. The highest BCUT2D eigenvalue weighted by molar-refractivity contribution is 7.13. The van der Waals surface area contributed by atoms with Gasteiger partial charge in [-0.15, -0.1) is 21.5 Å². The second kappa shape index (κ2) is 6.44. The van der Waals surface area contributed by atoms with Crippen molar-refractivity contribution in [1.82, 2.24) is 24.5 Å². The number of hydrogen-bond acceptors (Lipinski definition) is 6. The molecule has 0 aromatic carbocycles. The Morgan fingerprint density at radius 3 is 2.88 bits per heavy atom. The molecule has 0 atom stereocenters. The number of guanidine groups is 1. The highest BCUT2D eigenvalue weighted by Gasteiger charge is 2.19. The minimum absolute atomic E-state index is 0.420. The fraction of sp³-hybridized carbons (Fsp3) is 0.333. The summed E-state index contributed by atoms with van der Waals surface area (Å²) < 4.78 is 1.93. The van der Waals surface area contributed by atoms with Gasteiger partial charge in [-0.1, -0.05) is 6.07 Å². The summed E-state index contributed by atoms with van der Waals surface area (Å²) in [6.45, 7) is 3.91. The number of hydrogen-bond donors (Lipinski definition) is 1. The Labute approximate surface area is 143 Å². The summed E-state index contributed by atoms with van der Waals surface area (Å²) in [5.74, 6) is 1.34. The first kappa shape index (κ1) is 14.9. The average molecular weight is 342 g/mol. The molecule has 3 aromatic rings. The van der Waals surface area contributed by atoms with E-state index in [1.807, 2.05) is 40.4 Å². The Hall–Kier alpha value is -2.68. The first-order valence-electron chi connectivity index (χ1n) is 7.79. The molecule has 0 aliphatic carbocycles. The van der Waals surface area contributed by atoms with Crippen LogP contribution in [0.3, 0.4) is 0 Å². The van der Waals surface area contributed by atoms with Gasteiger partial charge in [-0.05, 0) is 12.1 Å². The molecular formula is C15H18N8S. The van der Waals surface area contributed by atoms with Crippen LogP contribution in [-0.4, -0.2) is 56.6 Å². The van der Waals surface area contributed by atoms with Gasteiger partial charge in [-0.3, -0.25) is 4.40 Å². The van der Waals surface area contributed by atoms with Crippen LogP contribution in [-0.2, 0) is 6.54 Å². The number of thiazole rings is 1. The van der Waals surface area contributed by atoms with Crippen LogP contribution in [0, 0.1) is 0 Å². The molecule has 0 saturated carbocycles. The third kappa shape index (κ3) is 2.90. The summed E-state index contributed by atoms with van der Waals surface area (Å²) in [6.07, 6.45) is 3.77. The van der Waals surface area contributed by atoms with Crippen LogP contribution in [0.5, 0.6) is 0 Å². The van der Waals surface area contributed by atoms with E-state index in [-0.39, 0.29) is 0 Å². The quantitative estimate of drug-likeness (QED) is 0.560. The van der Waals surface area contributed by atoms with Crippen molar-refractivity contribution in [2.24, 2.45) is 10.7 Å². The van der Waals surface area contributed by atoms with E-state index < -0.39 is 0 Å². The highest BCUT2D eigenvalue weighted by Crippen LogP contribution is 2.18. The van der Waals surface area contributed by atoms with E-state index in [9.17, 15) is 0 Å². The van der Waals surface area contributed by atoms with Gasteiger partial charge < -0.3 is 15.5 Å². The van der Waals surface area contributed by atoms with Crippen LogP contribution in [0.4, 0.5) is 5.13 Å². The maximum atomic E-state index is 6.16. The van der Waals surface area contributed by atoms with Gasteiger partial charge in [0, 0.05) is 44.0 Å². The molecule has 8 nitrogen and oxygen atoms in total. The van der Waals surface area contributed by atoms with Gasteiger partial charge in [0.2, 0.25) is 0 Å². The average Bonchev–Trinajstić information content (AvgIpc) is 3.30. The molecule has 4 heterocycles. The van der Waals surface area contributed by atoms with E-state index in [0.717, 1.165) is 42.8 Å². The third-order valence-corrected chi connectivity index (χ3v) is 4.89. The standard InChI is InChI=1S/C15H18N8S/c16-14(18-11-13-20-19-12-3-1-2-5-23(12)13)21-6-8-22(9-7-21)15-17-4-10-24-15/h1-5,10H,6-9,11H2,(H2,16,18). The monoisotopic (exact) mass is 342 g/mol. The third-order valence-electron chi connectivity index (χ3n) is 4.06. The zero-order valence-electron chi connectivity index (χ0n) is 13.1. The van der Waals surface area contributed by atoms with Gasteiger partial charge >= 0.3 is 0 Å². The lowest BCUT2D eigenvalue weighted by Gasteiger charge is -2.35. The summed E-state index contributed by atoms with van der Waals surface area (Å²) >= 11 is 1.67. The number of anilines is 1. The molecule has 0 radical (unpaired) electrons. The Bertz CT molecular complexity index is 832. The van der Waals surface area contributed by atoms with E-state index in [0.29, 0.717) is 12.5 Å². The lowest BCUT2D eigenvalue weighted by Crippen LogP contribution is -2.51. The van der Waals surface area contributed by atoms with Crippen molar-refractivity contribution in [3.05, 3.63) is 41.8 Å². The lowest BCUT2D eigenvalue weighted by atomic mass is 10.3. The molecule has 9 heteroatoms. The van der Waals surface area contributed by atoms with E-state index in [1.165, 1.54) is 0 Å². The number of nitrogens with zero attached hydrogens (tertiary/aromatic N) is 7. The summed E-state index contributed by atoms with van der Waals surface area (Å²) in [4.78, 5) is 13.2. The Morgan fingerprint density at radius 2 is 2.08 bits per heavy atom. The summed E-state index contributed by atoms with van der Waals surface area (Å²) in [5.41, 5.74) is 6.98. The molecule has 1 saturated heterocycles. The predicted molar refractivity (Wildman–Crippen MR) is 94.2 cm³/mol. The Kier molecular flexibility index (Phi) is 3.99. The fourth-order valence-electron chi connectivity index (χ4n) is 2.75. The van der Waals surface area contributed by atoms with Crippen molar-refractivity contribution < 1.29 is 0 Å². The van der Waals surface area contributed by atoms with Crippen molar-refractivity contribution in [3.8, 4) is 0 Å². The minimum Gasteiger partial charge on any atom is -0.370 e. The summed E-state index contributed by atoms with van der Waals surface area (Å²) in [7, 11) is 0. The van der Waals surface area contributed by atoms with E-state index >= 15 is 0 Å². The Morgan fingerprint density at radius 1 is 1.21 bits per heavy atom. The van der Waals surface area contributed by atoms with Crippen molar-refractivity contribution in [3.63, 3.8) is 0 Å². The second-order valence-corrected chi connectivity index (χ2v) is 6.38. The number of aliphatic imine (C=N–C) groups is 1.